The van der Waals surface area contributed by atoms with Gasteiger partial charge in [-0.2, -0.15) is 0 Å². The van der Waals surface area contributed by atoms with Crippen molar-refractivity contribution in [2.24, 2.45) is 0 Å². The van der Waals surface area contributed by atoms with Crippen LogP contribution in [0.2, 0.25) is 0 Å². The number of carbonyl (C=O) groups is 1. The Hall–Kier alpha value is -3.54. The van der Waals surface area contributed by atoms with Crippen molar-refractivity contribution >= 4 is 11.6 Å². The number of anilines is 1. The number of benzene rings is 2. The molecule has 4 N–H and O–H groups in total. The van der Waals surface area contributed by atoms with E-state index in [4.69, 9.17) is 18.9 Å². The number of nitrogens with one attached hydrogen (secondary N) is 2. The highest BCUT2D eigenvalue weighted by molar-refractivity contribution is 5.96. The molecule has 0 bridgehead atoms. The van der Waals surface area contributed by atoms with Gasteiger partial charge >= 0.3 is 0 Å². The number of carbonyl (C=O) groups excluding carboxylic acids is 1. The van der Waals surface area contributed by atoms with E-state index in [1.54, 1.807) is 34.3 Å². The predicted octanol–water partition coefficient (Wildman–Crippen LogP) is 2.53. The lowest BCUT2D eigenvalue weighted by Crippen LogP contribution is -2.57. The number of amides is 1. The average molecular weight is 520 g/mol. The number of hydrogen-bond donors (Lipinski definition) is 4. The highest BCUT2D eigenvalue weighted by Gasteiger charge is 2.33. The molecule has 0 saturated carbocycles. The van der Waals surface area contributed by atoms with Crippen LogP contribution in [-0.2, 0) is 17.6 Å². The number of hydrogen-bond acceptors (Lipinski definition) is 9. The Kier molecular flexibility index (Phi) is 9.56. The fraction of sp³-hybridized carbons (Fsp3) is 0.423. The summed E-state index contributed by atoms with van der Waals surface area (Å²) in [5, 5.41) is 24.8. The van der Waals surface area contributed by atoms with Crippen LogP contribution in [0, 0.1) is 0 Å². The smallest absolute Gasteiger partial charge is 0.247 e. The number of aliphatic hydroxyl groups excluding tert-OH is 2. The number of methoxy groups -OCH3 is 4. The molecule has 3 rings (SSSR count). The fourth-order valence-electron chi connectivity index (χ4n) is 4.18. The first-order valence-electron chi connectivity index (χ1n) is 11.8. The summed E-state index contributed by atoms with van der Waals surface area (Å²) in [4.78, 5) is 14.3. The molecule has 0 radical (unpaired) electrons. The largest absolute Gasteiger partial charge is 0.495 e. The Morgan fingerprint density at radius 1 is 1.00 bits per heavy atom. The van der Waals surface area contributed by atoms with Gasteiger partial charge in [0, 0.05) is 6.20 Å². The maximum Gasteiger partial charge on any atom is 0.247 e. The minimum Gasteiger partial charge on any atom is -0.495 e. The summed E-state index contributed by atoms with van der Waals surface area (Å²) in [7, 11) is 6.17. The molecule has 11 heteroatoms. The van der Waals surface area contributed by atoms with Crippen LogP contribution >= 0.6 is 0 Å². The van der Waals surface area contributed by atoms with Gasteiger partial charge in [-0.1, -0.05) is 13.0 Å². The van der Waals surface area contributed by atoms with Crippen molar-refractivity contribution in [3.05, 3.63) is 53.5 Å². The zero-order valence-electron chi connectivity index (χ0n) is 21.6. The summed E-state index contributed by atoms with van der Waals surface area (Å²) in [6.07, 6.45) is -0.556. The first-order valence-corrected chi connectivity index (χ1v) is 11.8. The molecule has 3 unspecified atom stereocenters. The minimum absolute atomic E-state index is 0.271. The van der Waals surface area contributed by atoms with Gasteiger partial charge in [-0.15, -0.1) is 0 Å². The molecule has 202 valence electrons. The van der Waals surface area contributed by atoms with E-state index in [2.05, 4.69) is 10.6 Å². The lowest BCUT2D eigenvalue weighted by atomic mass is 10.0. The maximum absolute atomic E-state index is 13.9. The lowest BCUT2D eigenvalue weighted by Gasteiger charge is -2.37. The molecule has 0 aliphatic carbocycles. The van der Waals surface area contributed by atoms with Crippen LogP contribution in [0.25, 0.3) is 0 Å². The third-order valence-electron chi connectivity index (χ3n) is 6.12. The Labute approximate surface area is 215 Å². The monoisotopic (exact) mass is 519 g/mol. The molecule has 1 aliphatic rings. The van der Waals surface area contributed by atoms with Gasteiger partial charge in [0.05, 0.1) is 34.1 Å². The zero-order valence-corrected chi connectivity index (χ0v) is 21.6. The van der Waals surface area contributed by atoms with Gasteiger partial charge in [0.15, 0.2) is 29.9 Å². The van der Waals surface area contributed by atoms with E-state index in [0.29, 0.717) is 41.5 Å². The highest BCUT2D eigenvalue weighted by atomic mass is 19.1. The third kappa shape index (κ3) is 6.43. The molecular weight excluding hydrogens is 485 g/mol. The number of nitrogens with zero attached hydrogens (tertiary/aromatic N) is 1. The Bertz CT molecular complexity index is 1100. The van der Waals surface area contributed by atoms with Gasteiger partial charge in [0.1, 0.15) is 11.8 Å². The Morgan fingerprint density at radius 2 is 1.62 bits per heavy atom. The number of aliphatic hydroxyl groups is 2. The van der Waals surface area contributed by atoms with Gasteiger partial charge in [0.2, 0.25) is 11.7 Å². The maximum atomic E-state index is 13.9. The highest BCUT2D eigenvalue weighted by Crippen LogP contribution is 2.38. The molecule has 10 nitrogen and oxygen atoms in total. The van der Waals surface area contributed by atoms with Crippen molar-refractivity contribution in [1.29, 1.82) is 0 Å². The third-order valence-corrected chi connectivity index (χ3v) is 6.12. The van der Waals surface area contributed by atoms with Crippen LogP contribution in [0.5, 0.6) is 23.0 Å². The number of rotatable bonds is 11. The second-order valence-corrected chi connectivity index (χ2v) is 8.39. The van der Waals surface area contributed by atoms with Crippen molar-refractivity contribution in [3.63, 3.8) is 0 Å². The first-order chi connectivity index (χ1) is 17.8. The molecule has 0 fully saturated rings. The van der Waals surface area contributed by atoms with Crippen molar-refractivity contribution in [2.75, 3.05) is 33.8 Å². The van der Waals surface area contributed by atoms with Crippen molar-refractivity contribution in [1.82, 2.24) is 10.2 Å². The molecule has 2 aromatic rings. The second kappa shape index (κ2) is 12.6. The van der Waals surface area contributed by atoms with E-state index in [-0.39, 0.29) is 6.42 Å². The van der Waals surface area contributed by atoms with Crippen LogP contribution in [-0.4, -0.2) is 68.1 Å². The average Bonchev–Trinajstić information content (AvgIpc) is 2.90. The fourth-order valence-corrected chi connectivity index (χ4v) is 4.18. The summed E-state index contributed by atoms with van der Waals surface area (Å²) in [6, 6.07) is 8.35. The molecule has 0 saturated heterocycles. The van der Waals surface area contributed by atoms with Gasteiger partial charge < -0.3 is 39.4 Å². The summed E-state index contributed by atoms with van der Waals surface area (Å²) in [5.41, 5.74) is 2.36. The van der Waals surface area contributed by atoms with Gasteiger partial charge in [0.25, 0.3) is 0 Å². The predicted molar refractivity (Wildman–Crippen MR) is 135 cm³/mol. The number of halogens is 1. The standard InChI is InChI=1S/C26H34FN3O7/c1-6-19(30-14-17(27)24(31)29-26(30)33)25(32)28-18-11-15(9-10-20(18)34-2)7-8-16-12-21(35-3)23(37-5)22(13-16)36-4/h9-14,19,24,26,29,31,33H,6-8H2,1-5H3,(H,28,32). The summed E-state index contributed by atoms with van der Waals surface area (Å²) >= 11 is 0. The zero-order chi connectivity index (χ0) is 27.1. The van der Waals surface area contributed by atoms with Crippen molar-refractivity contribution < 1.29 is 38.3 Å². The molecule has 37 heavy (non-hydrogen) atoms. The summed E-state index contributed by atoms with van der Waals surface area (Å²) in [5.74, 6) is 0.739. The molecule has 1 aliphatic heterocycles. The van der Waals surface area contributed by atoms with Gasteiger partial charge in [-0.3, -0.25) is 4.79 Å². The summed E-state index contributed by atoms with van der Waals surface area (Å²) < 4.78 is 35.6. The van der Waals surface area contributed by atoms with E-state index in [9.17, 15) is 19.4 Å². The first kappa shape index (κ1) is 28.0. The molecule has 1 amide bonds. The SMILES string of the molecule is CCC(C(=O)Nc1cc(CCc2cc(OC)c(OC)c(OC)c2)ccc1OC)N1C=C(F)C(O)NC1O. The molecule has 2 aromatic carbocycles. The van der Waals surface area contributed by atoms with Crippen LogP contribution < -0.4 is 29.6 Å². The molecule has 0 spiro atoms. The Balaban J connectivity index is 1.79. The molecule has 3 atom stereocenters. The molecule has 0 aromatic heterocycles. The normalized spacial score (nSPS) is 18.1. The van der Waals surface area contributed by atoms with Gasteiger partial charge in [-0.25, -0.2) is 9.71 Å². The van der Waals surface area contributed by atoms with Crippen molar-refractivity contribution in [3.8, 4) is 23.0 Å². The van der Waals surface area contributed by atoms with E-state index in [0.717, 1.165) is 22.2 Å². The van der Waals surface area contributed by atoms with E-state index in [1.807, 2.05) is 24.3 Å². The van der Waals surface area contributed by atoms with Crippen LogP contribution in [0.15, 0.2) is 42.4 Å². The van der Waals surface area contributed by atoms with Crippen molar-refractivity contribution in [2.45, 2.75) is 44.8 Å². The van der Waals surface area contributed by atoms with Crippen LogP contribution in [0.4, 0.5) is 10.1 Å². The molecular formula is C26H34FN3O7. The van der Waals surface area contributed by atoms with Gasteiger partial charge in [-0.05, 0) is 54.7 Å². The topological polar surface area (TPSA) is 122 Å². The Morgan fingerprint density at radius 3 is 2.19 bits per heavy atom. The minimum atomic E-state index is -1.63. The van der Waals surface area contributed by atoms with Crippen LogP contribution in [0.3, 0.4) is 0 Å². The number of aryl methyl sites for hydroxylation is 2. The number of ether oxygens (including phenoxy) is 4. The van der Waals surface area contributed by atoms with Crippen LogP contribution in [0.1, 0.15) is 24.5 Å². The van der Waals surface area contributed by atoms with E-state index < -0.39 is 30.4 Å². The second-order valence-electron chi connectivity index (χ2n) is 8.39. The lowest BCUT2D eigenvalue weighted by molar-refractivity contribution is -0.128. The molecule has 1 heterocycles. The summed E-state index contributed by atoms with van der Waals surface area (Å²) in [6.45, 7) is 1.73. The van der Waals surface area contributed by atoms with E-state index in [1.165, 1.54) is 7.11 Å². The quantitative estimate of drug-likeness (QED) is 0.355. The van der Waals surface area contributed by atoms with E-state index >= 15 is 0 Å².